The summed E-state index contributed by atoms with van der Waals surface area (Å²) in [5.74, 6) is -2.95. The van der Waals surface area contributed by atoms with Gasteiger partial charge in [0.1, 0.15) is 11.6 Å². The van der Waals surface area contributed by atoms with E-state index < -0.39 is 41.4 Å². The van der Waals surface area contributed by atoms with E-state index in [1.54, 1.807) is 6.07 Å². The van der Waals surface area contributed by atoms with Crippen LogP contribution in [0.25, 0.3) is 0 Å². The van der Waals surface area contributed by atoms with Gasteiger partial charge in [-0.1, -0.05) is 24.3 Å². The minimum Gasteiger partial charge on any atom is -0.369 e. The average molecular weight is 385 g/mol. The van der Waals surface area contributed by atoms with Gasteiger partial charge in [0.25, 0.3) is 11.5 Å². The van der Waals surface area contributed by atoms with Crippen molar-refractivity contribution in [3.05, 3.63) is 70.8 Å². The van der Waals surface area contributed by atoms with Crippen molar-refractivity contribution in [2.45, 2.75) is 37.1 Å². The van der Waals surface area contributed by atoms with Gasteiger partial charge in [-0.15, -0.1) is 0 Å². The van der Waals surface area contributed by atoms with E-state index in [2.05, 4.69) is 0 Å². The monoisotopic (exact) mass is 385 g/mol. The maximum Gasteiger partial charge on any atom is 0.430 e. The Morgan fingerprint density at radius 2 is 1.70 bits per heavy atom. The second-order valence-corrected chi connectivity index (χ2v) is 6.52. The second kappa shape index (κ2) is 6.92. The first-order valence-electron chi connectivity index (χ1n) is 8.24. The molecule has 144 valence electrons. The number of hydrogen-bond donors (Lipinski definition) is 2. The van der Waals surface area contributed by atoms with Crippen LogP contribution in [0.1, 0.15) is 35.4 Å². The van der Waals surface area contributed by atoms with Gasteiger partial charge in [-0.3, -0.25) is 4.79 Å². The number of nitrogens with one attached hydrogen (secondary N) is 1. The van der Waals surface area contributed by atoms with E-state index >= 15 is 0 Å². The summed E-state index contributed by atoms with van der Waals surface area (Å²) >= 11 is 0. The van der Waals surface area contributed by atoms with E-state index in [4.69, 9.17) is 0 Å². The van der Waals surface area contributed by atoms with Crippen LogP contribution >= 0.6 is 0 Å². The molecule has 0 aromatic heterocycles. The minimum atomic E-state index is -5.36. The molecule has 8 heteroatoms. The normalized spacial score (nSPS) is 16.7. The fraction of sp³-hybridized carbons (Fsp3) is 0.316. The highest BCUT2D eigenvalue weighted by atomic mass is 19.4. The van der Waals surface area contributed by atoms with Crippen molar-refractivity contribution in [1.29, 1.82) is 0 Å². The number of rotatable bonds is 5. The largest absolute Gasteiger partial charge is 0.430 e. The molecule has 1 atom stereocenters. The van der Waals surface area contributed by atoms with E-state index in [0.29, 0.717) is 30.2 Å². The van der Waals surface area contributed by atoms with Crippen molar-refractivity contribution < 1.29 is 31.9 Å². The van der Waals surface area contributed by atoms with Crippen molar-refractivity contribution >= 4 is 5.91 Å². The summed E-state index contributed by atoms with van der Waals surface area (Å²) in [7, 11) is 0. The molecule has 0 saturated heterocycles. The molecule has 3 rings (SSSR count). The molecule has 1 amide bonds. The Hall–Kier alpha value is -2.48. The number of hydrogen-bond acceptors (Lipinski definition) is 2. The molecule has 1 aliphatic rings. The van der Waals surface area contributed by atoms with Crippen LogP contribution in [0.2, 0.25) is 0 Å². The molecule has 1 aliphatic carbocycles. The first-order valence-corrected chi connectivity index (χ1v) is 8.24. The topological polar surface area (TPSA) is 49.3 Å². The molecule has 1 saturated carbocycles. The molecule has 2 N–H and O–H groups in total. The zero-order valence-electron chi connectivity index (χ0n) is 14.0. The summed E-state index contributed by atoms with van der Waals surface area (Å²) in [4.78, 5) is 12.2. The number of amides is 1. The van der Waals surface area contributed by atoms with Gasteiger partial charge in [0.05, 0.1) is 0 Å². The Balaban J connectivity index is 1.83. The van der Waals surface area contributed by atoms with Crippen LogP contribution in [0.15, 0.2) is 42.5 Å². The number of aliphatic hydroxyl groups is 1. The lowest BCUT2D eigenvalue weighted by atomic mass is 9.92. The van der Waals surface area contributed by atoms with Gasteiger partial charge in [0.2, 0.25) is 0 Å². The van der Waals surface area contributed by atoms with Gasteiger partial charge in [-0.2, -0.15) is 13.2 Å². The van der Waals surface area contributed by atoms with Crippen molar-refractivity contribution in [2.75, 3.05) is 0 Å². The summed E-state index contributed by atoms with van der Waals surface area (Å²) in [6.07, 6.45) is -3.45. The van der Waals surface area contributed by atoms with Crippen LogP contribution in [-0.2, 0) is 16.9 Å². The minimum absolute atomic E-state index is 0.0244. The summed E-state index contributed by atoms with van der Waals surface area (Å²) < 4.78 is 67.3. The fourth-order valence-electron chi connectivity index (χ4n) is 2.82. The van der Waals surface area contributed by atoms with Crippen LogP contribution < -0.4 is 5.32 Å². The maximum atomic E-state index is 13.9. The molecule has 0 radical (unpaired) electrons. The zero-order chi connectivity index (χ0) is 19.8. The number of benzene rings is 2. The highest BCUT2D eigenvalue weighted by Crippen LogP contribution is 2.41. The van der Waals surface area contributed by atoms with Gasteiger partial charge in [0.15, 0.2) is 0 Å². The standard InChI is InChI=1S/C19H16F5NO2/c20-15-6-4-14(5-7-15)18(27,19(22,23)24)17(26)25-10-13-9-12(11-1-2-11)3-8-16(13)21/h3-9,11,27H,1-2,10H2,(H,25,26). The van der Waals surface area contributed by atoms with Gasteiger partial charge in [0, 0.05) is 17.7 Å². The van der Waals surface area contributed by atoms with Crippen molar-refractivity contribution in [2.24, 2.45) is 0 Å². The third kappa shape index (κ3) is 3.80. The third-order valence-electron chi connectivity index (χ3n) is 4.56. The molecule has 1 fully saturated rings. The average Bonchev–Trinajstić information content (AvgIpc) is 3.44. The van der Waals surface area contributed by atoms with Gasteiger partial charge in [-0.05, 0) is 42.5 Å². The highest BCUT2D eigenvalue weighted by molar-refractivity contribution is 5.87. The van der Waals surface area contributed by atoms with E-state index in [0.717, 1.165) is 18.4 Å². The van der Waals surface area contributed by atoms with Crippen LogP contribution in [0.3, 0.4) is 0 Å². The summed E-state index contributed by atoms with van der Waals surface area (Å²) in [6, 6.07) is 7.06. The SMILES string of the molecule is O=C(NCc1cc(C2CC2)ccc1F)C(O)(c1ccc(F)cc1)C(F)(F)F. The first-order chi connectivity index (χ1) is 12.6. The molecule has 0 heterocycles. The van der Waals surface area contributed by atoms with E-state index in [1.807, 2.05) is 5.32 Å². The quantitative estimate of drug-likeness (QED) is 0.767. The smallest absolute Gasteiger partial charge is 0.369 e. The molecular formula is C19H16F5NO2. The summed E-state index contributed by atoms with van der Waals surface area (Å²) in [5.41, 5.74) is -3.84. The Morgan fingerprint density at radius 3 is 2.26 bits per heavy atom. The molecule has 0 bridgehead atoms. The Bertz CT molecular complexity index is 846. The zero-order valence-corrected chi connectivity index (χ0v) is 14.0. The second-order valence-electron chi connectivity index (χ2n) is 6.52. The number of carbonyl (C=O) groups excluding carboxylic acids is 1. The molecule has 27 heavy (non-hydrogen) atoms. The number of halogens is 5. The highest BCUT2D eigenvalue weighted by Gasteiger charge is 2.60. The molecule has 1 unspecified atom stereocenters. The predicted molar refractivity (Wildman–Crippen MR) is 86.6 cm³/mol. The van der Waals surface area contributed by atoms with Crippen molar-refractivity contribution in [3.8, 4) is 0 Å². The third-order valence-corrected chi connectivity index (χ3v) is 4.56. The molecule has 3 nitrogen and oxygen atoms in total. The van der Waals surface area contributed by atoms with Gasteiger partial charge < -0.3 is 10.4 Å². The fourth-order valence-corrected chi connectivity index (χ4v) is 2.82. The molecule has 0 spiro atoms. The van der Waals surface area contributed by atoms with Crippen LogP contribution in [0, 0.1) is 11.6 Å². The lowest BCUT2D eigenvalue weighted by Gasteiger charge is -2.29. The number of carbonyl (C=O) groups is 1. The van der Waals surface area contributed by atoms with Gasteiger partial charge >= 0.3 is 6.18 Å². The lowest BCUT2D eigenvalue weighted by Crippen LogP contribution is -2.54. The maximum absolute atomic E-state index is 13.9. The lowest BCUT2D eigenvalue weighted by molar-refractivity contribution is -0.257. The molecule has 2 aromatic rings. The molecule has 0 aliphatic heterocycles. The number of alkyl halides is 3. The molecule has 2 aromatic carbocycles. The Morgan fingerprint density at radius 1 is 1.07 bits per heavy atom. The van der Waals surface area contributed by atoms with Crippen molar-refractivity contribution in [1.82, 2.24) is 5.32 Å². The summed E-state index contributed by atoms with van der Waals surface area (Å²) in [6.45, 7) is -0.523. The van der Waals surface area contributed by atoms with Crippen LogP contribution in [-0.4, -0.2) is 17.2 Å². The van der Waals surface area contributed by atoms with Crippen molar-refractivity contribution in [3.63, 3.8) is 0 Å². The van der Waals surface area contributed by atoms with E-state index in [9.17, 15) is 31.9 Å². The van der Waals surface area contributed by atoms with E-state index in [-0.39, 0.29) is 5.56 Å². The predicted octanol–water partition coefficient (Wildman–Crippen LogP) is 3.91. The van der Waals surface area contributed by atoms with Gasteiger partial charge in [-0.25, -0.2) is 8.78 Å². The van der Waals surface area contributed by atoms with Crippen LogP contribution in [0.5, 0.6) is 0 Å². The molecular weight excluding hydrogens is 369 g/mol. The van der Waals surface area contributed by atoms with E-state index in [1.165, 1.54) is 12.1 Å². The Kier molecular flexibility index (Phi) is 4.94. The first kappa shape index (κ1) is 19.3. The Labute approximate surface area is 151 Å². The van der Waals surface area contributed by atoms with Crippen LogP contribution in [0.4, 0.5) is 22.0 Å². The summed E-state index contributed by atoms with van der Waals surface area (Å²) in [5, 5.41) is 12.1.